The molecule has 19 heavy (non-hydrogen) atoms. The topological polar surface area (TPSA) is 26.3 Å². The Morgan fingerprint density at radius 1 is 1.26 bits per heavy atom. The smallest absolute Gasteiger partial charge is 0.250 e. The standard InChI is InChI=1S/C16H26O2Si/c1-13-9-10-15(12-14(13)8-7-11-17)18-19(5,6)16(2,3)4/h9-12H,7-8H2,1-6H3. The lowest BCUT2D eigenvalue weighted by Crippen LogP contribution is -2.43. The number of carbonyl (C=O) groups is 1. The lowest BCUT2D eigenvalue weighted by Gasteiger charge is -2.36. The van der Waals surface area contributed by atoms with E-state index in [0.717, 1.165) is 18.5 Å². The van der Waals surface area contributed by atoms with Gasteiger partial charge >= 0.3 is 0 Å². The summed E-state index contributed by atoms with van der Waals surface area (Å²) < 4.78 is 6.29. The molecule has 3 heteroatoms. The maximum absolute atomic E-state index is 10.5. The van der Waals surface area contributed by atoms with Crippen molar-refractivity contribution in [1.29, 1.82) is 0 Å². The van der Waals surface area contributed by atoms with Crippen molar-refractivity contribution in [1.82, 2.24) is 0 Å². The van der Waals surface area contributed by atoms with E-state index < -0.39 is 8.32 Å². The molecule has 0 bridgehead atoms. The molecule has 0 fully saturated rings. The molecule has 1 rings (SSSR count). The molecule has 0 heterocycles. The molecular formula is C16H26O2Si. The van der Waals surface area contributed by atoms with Crippen molar-refractivity contribution in [2.24, 2.45) is 0 Å². The van der Waals surface area contributed by atoms with Gasteiger partial charge in [-0.1, -0.05) is 26.8 Å². The second kappa shape index (κ2) is 5.91. The van der Waals surface area contributed by atoms with Crippen molar-refractivity contribution < 1.29 is 9.22 Å². The van der Waals surface area contributed by atoms with Crippen LogP contribution >= 0.6 is 0 Å². The molecule has 106 valence electrons. The van der Waals surface area contributed by atoms with Crippen LogP contribution in [0.3, 0.4) is 0 Å². The second-order valence-electron chi connectivity index (χ2n) is 6.66. The Morgan fingerprint density at radius 2 is 1.89 bits per heavy atom. The number of benzene rings is 1. The SMILES string of the molecule is Cc1ccc(O[Si](C)(C)C(C)(C)C)cc1CCC=O. The van der Waals surface area contributed by atoms with Crippen LogP contribution in [0.1, 0.15) is 38.3 Å². The van der Waals surface area contributed by atoms with E-state index in [-0.39, 0.29) is 5.04 Å². The average molecular weight is 278 g/mol. The molecule has 0 atom stereocenters. The van der Waals surface area contributed by atoms with Crippen LogP contribution in [0.4, 0.5) is 0 Å². The molecule has 1 aromatic rings. The first-order valence-electron chi connectivity index (χ1n) is 6.89. The van der Waals surface area contributed by atoms with Gasteiger partial charge in [0.15, 0.2) is 0 Å². The van der Waals surface area contributed by atoms with Gasteiger partial charge in [-0.2, -0.15) is 0 Å². The van der Waals surface area contributed by atoms with Crippen LogP contribution in [0.15, 0.2) is 18.2 Å². The molecule has 0 saturated heterocycles. The quantitative estimate of drug-likeness (QED) is 0.585. The second-order valence-corrected chi connectivity index (χ2v) is 11.4. The van der Waals surface area contributed by atoms with Crippen LogP contribution < -0.4 is 4.43 Å². The van der Waals surface area contributed by atoms with Crippen LogP contribution in [0, 0.1) is 6.92 Å². The Bertz CT molecular complexity index is 445. The molecule has 1 aromatic carbocycles. The predicted octanol–water partition coefficient (Wildman–Crippen LogP) is 4.51. The third-order valence-electron chi connectivity index (χ3n) is 4.03. The van der Waals surface area contributed by atoms with Gasteiger partial charge in [-0.3, -0.25) is 0 Å². The maximum Gasteiger partial charge on any atom is 0.250 e. The summed E-state index contributed by atoms with van der Waals surface area (Å²) in [6.45, 7) is 13.3. The van der Waals surface area contributed by atoms with Gasteiger partial charge in [-0.15, -0.1) is 0 Å². The molecule has 0 aromatic heterocycles. The lowest BCUT2D eigenvalue weighted by atomic mass is 10.0. The predicted molar refractivity (Wildman–Crippen MR) is 83.4 cm³/mol. The highest BCUT2D eigenvalue weighted by Crippen LogP contribution is 2.37. The zero-order chi connectivity index (χ0) is 14.7. The van der Waals surface area contributed by atoms with Crippen LogP contribution in [0.25, 0.3) is 0 Å². The highest BCUT2D eigenvalue weighted by atomic mass is 28.4. The zero-order valence-electron chi connectivity index (χ0n) is 13.0. The molecule has 0 saturated carbocycles. The Balaban J connectivity index is 2.94. The minimum Gasteiger partial charge on any atom is -0.543 e. The van der Waals surface area contributed by atoms with E-state index >= 15 is 0 Å². The van der Waals surface area contributed by atoms with Gasteiger partial charge in [0.2, 0.25) is 8.32 Å². The molecule has 0 radical (unpaired) electrons. The maximum atomic E-state index is 10.5. The van der Waals surface area contributed by atoms with Crippen molar-refractivity contribution in [2.75, 3.05) is 0 Å². The number of hydrogen-bond acceptors (Lipinski definition) is 2. The van der Waals surface area contributed by atoms with E-state index in [1.54, 1.807) is 0 Å². The minimum atomic E-state index is -1.79. The number of rotatable bonds is 5. The van der Waals surface area contributed by atoms with Gasteiger partial charge in [-0.25, -0.2) is 0 Å². The van der Waals surface area contributed by atoms with Gasteiger partial charge in [0.05, 0.1) is 0 Å². The highest BCUT2D eigenvalue weighted by molar-refractivity contribution is 6.74. The molecular weight excluding hydrogens is 252 g/mol. The van der Waals surface area contributed by atoms with E-state index in [4.69, 9.17) is 4.43 Å². The normalized spacial score (nSPS) is 12.3. The minimum absolute atomic E-state index is 0.195. The summed E-state index contributed by atoms with van der Waals surface area (Å²) in [6.07, 6.45) is 2.34. The van der Waals surface area contributed by atoms with Crippen molar-refractivity contribution in [3.8, 4) is 5.75 Å². The van der Waals surface area contributed by atoms with Gasteiger partial charge in [0.1, 0.15) is 12.0 Å². The number of aryl methyl sites for hydroxylation is 2. The van der Waals surface area contributed by atoms with Crippen LogP contribution in [0.2, 0.25) is 18.1 Å². The van der Waals surface area contributed by atoms with E-state index in [9.17, 15) is 4.79 Å². The molecule has 0 amide bonds. The third-order valence-corrected chi connectivity index (χ3v) is 8.39. The van der Waals surface area contributed by atoms with Gasteiger partial charge in [0, 0.05) is 6.42 Å². The summed E-state index contributed by atoms with van der Waals surface area (Å²) in [5, 5.41) is 0.195. The fraction of sp³-hybridized carbons (Fsp3) is 0.562. The number of carbonyl (C=O) groups excluding carboxylic acids is 1. The van der Waals surface area contributed by atoms with Gasteiger partial charge in [0.25, 0.3) is 0 Å². The van der Waals surface area contributed by atoms with Gasteiger partial charge in [-0.05, 0) is 54.7 Å². The molecule has 0 N–H and O–H groups in total. The van der Waals surface area contributed by atoms with E-state index in [2.05, 4.69) is 52.9 Å². The van der Waals surface area contributed by atoms with Crippen molar-refractivity contribution in [2.45, 2.75) is 58.7 Å². The van der Waals surface area contributed by atoms with Crippen molar-refractivity contribution in [3.63, 3.8) is 0 Å². The van der Waals surface area contributed by atoms with E-state index in [1.807, 2.05) is 6.07 Å². The van der Waals surface area contributed by atoms with Crippen molar-refractivity contribution in [3.05, 3.63) is 29.3 Å². The fourth-order valence-corrected chi connectivity index (χ4v) is 2.67. The third kappa shape index (κ3) is 4.20. The van der Waals surface area contributed by atoms with Crippen molar-refractivity contribution >= 4 is 14.6 Å². The lowest BCUT2D eigenvalue weighted by molar-refractivity contribution is -0.107. The Kier molecular flexibility index (Phi) is 4.96. The average Bonchev–Trinajstić information content (AvgIpc) is 2.28. The van der Waals surface area contributed by atoms with Crippen LogP contribution in [-0.4, -0.2) is 14.6 Å². The largest absolute Gasteiger partial charge is 0.543 e. The number of hydrogen-bond donors (Lipinski definition) is 0. The zero-order valence-corrected chi connectivity index (χ0v) is 14.0. The summed E-state index contributed by atoms with van der Waals surface area (Å²) >= 11 is 0. The van der Waals surface area contributed by atoms with E-state index in [1.165, 1.54) is 11.1 Å². The monoisotopic (exact) mass is 278 g/mol. The van der Waals surface area contributed by atoms with Crippen LogP contribution in [-0.2, 0) is 11.2 Å². The molecule has 0 spiro atoms. The first kappa shape index (κ1) is 16.0. The highest BCUT2D eigenvalue weighted by Gasteiger charge is 2.38. The first-order valence-corrected chi connectivity index (χ1v) is 9.80. The molecule has 2 nitrogen and oxygen atoms in total. The molecule has 0 aliphatic heterocycles. The Morgan fingerprint density at radius 3 is 2.42 bits per heavy atom. The summed E-state index contributed by atoms with van der Waals surface area (Å²) in [6, 6.07) is 6.22. The fourth-order valence-electron chi connectivity index (χ4n) is 1.64. The summed E-state index contributed by atoms with van der Waals surface area (Å²) in [7, 11) is -1.79. The number of aldehydes is 1. The summed E-state index contributed by atoms with van der Waals surface area (Å²) in [4.78, 5) is 10.5. The summed E-state index contributed by atoms with van der Waals surface area (Å²) in [5.74, 6) is 0.943. The Labute approximate surface area is 118 Å². The summed E-state index contributed by atoms with van der Waals surface area (Å²) in [5.41, 5.74) is 2.44. The van der Waals surface area contributed by atoms with Crippen LogP contribution in [0.5, 0.6) is 5.75 Å². The molecule has 0 aliphatic carbocycles. The first-order chi connectivity index (χ1) is 8.67. The molecule has 0 unspecified atom stereocenters. The molecule has 0 aliphatic rings. The van der Waals surface area contributed by atoms with Gasteiger partial charge < -0.3 is 9.22 Å². The Hall–Kier alpha value is -1.09. The van der Waals surface area contributed by atoms with E-state index in [0.29, 0.717) is 6.42 Å².